The molecule has 1 saturated carbocycles. The van der Waals surface area contributed by atoms with E-state index in [2.05, 4.69) is 13.8 Å². The van der Waals surface area contributed by atoms with E-state index in [1.54, 1.807) is 0 Å². The Balaban J connectivity index is 2.18. The summed E-state index contributed by atoms with van der Waals surface area (Å²) in [6.07, 6.45) is 7.56. The molecule has 1 fully saturated rings. The van der Waals surface area contributed by atoms with Crippen molar-refractivity contribution in [2.45, 2.75) is 64.1 Å². The summed E-state index contributed by atoms with van der Waals surface area (Å²) >= 11 is 0. The monoisotopic (exact) mass is 186 g/mol. The van der Waals surface area contributed by atoms with Gasteiger partial charge in [-0.2, -0.15) is 0 Å². The molecular formula is C10H22OSi. The first-order chi connectivity index (χ1) is 5.86. The lowest BCUT2D eigenvalue weighted by Crippen LogP contribution is -2.26. The molecule has 12 heavy (non-hydrogen) atoms. The molecule has 2 heteroatoms. The molecule has 0 bridgehead atoms. The van der Waals surface area contributed by atoms with Crippen molar-refractivity contribution in [3.05, 3.63) is 0 Å². The van der Waals surface area contributed by atoms with Gasteiger partial charge in [0.15, 0.2) is 9.04 Å². The second kappa shape index (κ2) is 5.76. The van der Waals surface area contributed by atoms with Gasteiger partial charge in [-0.1, -0.05) is 33.1 Å². The first-order valence-electron chi connectivity index (χ1n) is 5.52. The van der Waals surface area contributed by atoms with E-state index in [-0.39, 0.29) is 0 Å². The fourth-order valence-electron chi connectivity index (χ4n) is 1.95. The molecule has 0 N–H and O–H groups in total. The second-order valence-electron chi connectivity index (χ2n) is 3.83. The summed E-state index contributed by atoms with van der Waals surface area (Å²) in [7, 11) is -0.765. The van der Waals surface area contributed by atoms with Gasteiger partial charge in [-0.25, -0.2) is 0 Å². The first kappa shape index (κ1) is 10.3. The molecule has 1 aliphatic carbocycles. The van der Waals surface area contributed by atoms with Crippen molar-refractivity contribution >= 4 is 9.04 Å². The van der Waals surface area contributed by atoms with Gasteiger partial charge in [0.2, 0.25) is 0 Å². The molecule has 0 aromatic carbocycles. The van der Waals surface area contributed by atoms with Crippen molar-refractivity contribution in [2.75, 3.05) is 0 Å². The topological polar surface area (TPSA) is 9.23 Å². The normalized spacial score (nSPS) is 20.2. The van der Waals surface area contributed by atoms with E-state index in [1.165, 1.54) is 44.2 Å². The van der Waals surface area contributed by atoms with Crippen LogP contribution in [0, 0.1) is 0 Å². The van der Waals surface area contributed by atoms with E-state index in [1.807, 2.05) is 0 Å². The fraction of sp³-hybridized carbons (Fsp3) is 1.00. The molecule has 1 aliphatic rings. The summed E-state index contributed by atoms with van der Waals surface area (Å²) < 4.78 is 6.13. The van der Waals surface area contributed by atoms with Crippen LogP contribution in [0.25, 0.3) is 0 Å². The summed E-state index contributed by atoms with van der Waals surface area (Å²) in [5.74, 6) is 0. The van der Waals surface area contributed by atoms with Gasteiger partial charge >= 0.3 is 0 Å². The molecule has 0 radical (unpaired) electrons. The molecule has 0 aromatic heterocycles. The van der Waals surface area contributed by atoms with Gasteiger partial charge in [-0.05, 0) is 24.9 Å². The minimum Gasteiger partial charge on any atom is -0.417 e. The standard InChI is InChI=1S/C10H22OSi/c1-3-12(4-2)11-10-8-6-5-7-9-10/h10,12H,3-9H2,1-2H3. The van der Waals surface area contributed by atoms with Crippen LogP contribution >= 0.6 is 0 Å². The zero-order valence-electron chi connectivity index (χ0n) is 8.51. The Morgan fingerprint density at radius 2 is 1.67 bits per heavy atom. The molecule has 0 heterocycles. The predicted molar refractivity (Wildman–Crippen MR) is 56.1 cm³/mol. The van der Waals surface area contributed by atoms with E-state index in [0.717, 1.165) is 0 Å². The third-order valence-electron chi connectivity index (χ3n) is 2.85. The third-order valence-corrected chi connectivity index (χ3v) is 5.44. The summed E-state index contributed by atoms with van der Waals surface area (Å²) in [6.45, 7) is 4.56. The maximum Gasteiger partial charge on any atom is 0.176 e. The highest BCUT2D eigenvalue weighted by Gasteiger charge is 2.17. The van der Waals surface area contributed by atoms with Crippen molar-refractivity contribution < 1.29 is 4.43 Å². The van der Waals surface area contributed by atoms with Crippen LogP contribution in [-0.2, 0) is 4.43 Å². The van der Waals surface area contributed by atoms with E-state index in [0.29, 0.717) is 6.10 Å². The number of hydrogen-bond acceptors (Lipinski definition) is 1. The maximum atomic E-state index is 6.13. The van der Waals surface area contributed by atoms with Gasteiger partial charge in [-0.15, -0.1) is 0 Å². The van der Waals surface area contributed by atoms with Crippen LogP contribution in [0.4, 0.5) is 0 Å². The highest BCUT2D eigenvalue weighted by molar-refractivity contribution is 6.51. The molecular weight excluding hydrogens is 164 g/mol. The fourth-order valence-corrected chi connectivity index (χ4v) is 3.73. The molecule has 0 amide bonds. The Hall–Kier alpha value is 0.177. The number of rotatable bonds is 4. The smallest absolute Gasteiger partial charge is 0.176 e. The van der Waals surface area contributed by atoms with Crippen molar-refractivity contribution in [2.24, 2.45) is 0 Å². The van der Waals surface area contributed by atoms with Gasteiger partial charge in [0, 0.05) is 6.10 Å². The molecule has 0 spiro atoms. The molecule has 0 aromatic rings. The van der Waals surface area contributed by atoms with Crippen molar-refractivity contribution in [1.29, 1.82) is 0 Å². The summed E-state index contributed by atoms with van der Waals surface area (Å²) in [6, 6.07) is 2.62. The van der Waals surface area contributed by atoms with Crippen LogP contribution in [0.15, 0.2) is 0 Å². The van der Waals surface area contributed by atoms with Crippen LogP contribution < -0.4 is 0 Å². The Morgan fingerprint density at radius 3 is 2.17 bits per heavy atom. The highest BCUT2D eigenvalue weighted by Crippen LogP contribution is 2.21. The zero-order chi connectivity index (χ0) is 8.81. The Kier molecular flexibility index (Phi) is 4.92. The van der Waals surface area contributed by atoms with E-state index in [9.17, 15) is 0 Å². The second-order valence-corrected chi connectivity index (χ2v) is 6.98. The SMILES string of the molecule is CC[SiH](CC)OC1CCCCC1. The summed E-state index contributed by atoms with van der Waals surface area (Å²) in [5.41, 5.74) is 0. The van der Waals surface area contributed by atoms with Gasteiger partial charge < -0.3 is 4.43 Å². The molecule has 1 rings (SSSR count). The predicted octanol–water partition coefficient (Wildman–Crippen LogP) is 3.10. The average molecular weight is 186 g/mol. The molecule has 1 nitrogen and oxygen atoms in total. The summed E-state index contributed by atoms with van der Waals surface area (Å²) in [5, 5.41) is 0. The van der Waals surface area contributed by atoms with Crippen LogP contribution in [0.5, 0.6) is 0 Å². The molecule has 72 valence electrons. The maximum absolute atomic E-state index is 6.13. The van der Waals surface area contributed by atoms with Gasteiger partial charge in [0.05, 0.1) is 0 Å². The number of hydrogen-bond donors (Lipinski definition) is 0. The van der Waals surface area contributed by atoms with E-state index in [4.69, 9.17) is 4.43 Å². The Bertz CT molecular complexity index is 106. The minimum absolute atomic E-state index is 0.648. The van der Waals surface area contributed by atoms with Gasteiger partial charge in [-0.3, -0.25) is 0 Å². The third kappa shape index (κ3) is 3.28. The summed E-state index contributed by atoms with van der Waals surface area (Å²) in [4.78, 5) is 0. The first-order valence-corrected chi connectivity index (χ1v) is 7.62. The molecule has 0 atom stereocenters. The molecule has 0 saturated heterocycles. The quantitative estimate of drug-likeness (QED) is 0.613. The van der Waals surface area contributed by atoms with E-state index >= 15 is 0 Å². The zero-order valence-corrected chi connectivity index (χ0v) is 9.67. The highest BCUT2D eigenvalue weighted by atomic mass is 28.3. The van der Waals surface area contributed by atoms with E-state index < -0.39 is 9.04 Å². The molecule has 0 unspecified atom stereocenters. The van der Waals surface area contributed by atoms with Crippen LogP contribution in [0.3, 0.4) is 0 Å². The van der Waals surface area contributed by atoms with Crippen LogP contribution in [0.2, 0.25) is 12.1 Å². The van der Waals surface area contributed by atoms with Gasteiger partial charge in [0.25, 0.3) is 0 Å². The molecule has 0 aliphatic heterocycles. The largest absolute Gasteiger partial charge is 0.417 e. The Morgan fingerprint density at radius 1 is 1.08 bits per heavy atom. The lowest BCUT2D eigenvalue weighted by atomic mass is 9.98. The minimum atomic E-state index is -0.765. The van der Waals surface area contributed by atoms with Crippen LogP contribution in [0.1, 0.15) is 46.0 Å². The van der Waals surface area contributed by atoms with Gasteiger partial charge in [0.1, 0.15) is 0 Å². The van der Waals surface area contributed by atoms with Crippen molar-refractivity contribution in [3.8, 4) is 0 Å². The Labute approximate surface area is 78.2 Å². The lowest BCUT2D eigenvalue weighted by Gasteiger charge is -2.26. The van der Waals surface area contributed by atoms with Crippen LogP contribution in [-0.4, -0.2) is 15.1 Å². The average Bonchev–Trinajstić information content (AvgIpc) is 2.16. The lowest BCUT2D eigenvalue weighted by molar-refractivity contribution is 0.153. The van der Waals surface area contributed by atoms with Crippen molar-refractivity contribution in [3.63, 3.8) is 0 Å². The van der Waals surface area contributed by atoms with Crippen molar-refractivity contribution in [1.82, 2.24) is 0 Å².